The molecule has 0 aliphatic carbocycles. The summed E-state index contributed by atoms with van der Waals surface area (Å²) >= 11 is 12.6. The van der Waals surface area contributed by atoms with Crippen LogP contribution in [0.1, 0.15) is 31.7 Å². The average Bonchev–Trinajstić information content (AvgIpc) is 3.02. The topological polar surface area (TPSA) is 21.1 Å². The van der Waals surface area contributed by atoms with Gasteiger partial charge >= 0.3 is 0 Å². The minimum atomic E-state index is 0.646. The molecule has 1 aliphatic rings. The number of anilines is 1. The van der Waals surface area contributed by atoms with Gasteiger partial charge in [-0.15, -0.1) is 0 Å². The van der Waals surface area contributed by atoms with Crippen molar-refractivity contribution in [3.05, 3.63) is 63.9 Å². The number of nitrogens with zero attached hydrogens (tertiary/aromatic N) is 3. The van der Waals surface area contributed by atoms with Crippen LogP contribution in [-0.2, 0) is 6.54 Å². The first-order chi connectivity index (χ1) is 12.6. The number of imidazole rings is 1. The molecule has 2 aromatic carbocycles. The van der Waals surface area contributed by atoms with E-state index < -0.39 is 0 Å². The van der Waals surface area contributed by atoms with Gasteiger partial charge < -0.3 is 9.47 Å². The zero-order chi connectivity index (χ0) is 18.3. The van der Waals surface area contributed by atoms with Crippen molar-refractivity contribution in [1.29, 1.82) is 0 Å². The van der Waals surface area contributed by atoms with Gasteiger partial charge in [0, 0.05) is 40.8 Å². The van der Waals surface area contributed by atoms with Crippen molar-refractivity contribution >= 4 is 45.5 Å². The maximum Gasteiger partial charge on any atom is 0.141 e. The molecule has 3 aromatic rings. The van der Waals surface area contributed by atoms with Gasteiger partial charge in [-0.05, 0) is 44.5 Å². The Balaban J connectivity index is 1.92. The molecule has 0 bridgehead atoms. The van der Waals surface area contributed by atoms with E-state index in [-0.39, 0.29) is 0 Å². The van der Waals surface area contributed by atoms with E-state index in [9.17, 15) is 0 Å². The van der Waals surface area contributed by atoms with Crippen molar-refractivity contribution in [2.24, 2.45) is 0 Å². The van der Waals surface area contributed by atoms with Crippen molar-refractivity contribution in [3.8, 4) is 0 Å². The van der Waals surface area contributed by atoms with Gasteiger partial charge in [0.25, 0.3) is 0 Å². The normalized spacial score (nSPS) is 13.6. The summed E-state index contributed by atoms with van der Waals surface area (Å²) in [6, 6.07) is 12.0. The smallest absolute Gasteiger partial charge is 0.141 e. The summed E-state index contributed by atoms with van der Waals surface area (Å²) in [6.45, 7) is 7.26. The van der Waals surface area contributed by atoms with Gasteiger partial charge in [0.1, 0.15) is 5.82 Å². The lowest BCUT2D eigenvalue weighted by atomic mass is 10.0. The maximum atomic E-state index is 6.48. The number of hydrogen-bond donors (Lipinski definition) is 0. The first-order valence-electron chi connectivity index (χ1n) is 9.04. The van der Waals surface area contributed by atoms with E-state index in [2.05, 4.69) is 47.6 Å². The van der Waals surface area contributed by atoms with Crippen LogP contribution in [0, 0.1) is 0 Å². The molecule has 5 heteroatoms. The highest BCUT2D eigenvalue weighted by Crippen LogP contribution is 2.37. The van der Waals surface area contributed by atoms with Gasteiger partial charge in [0.2, 0.25) is 0 Å². The van der Waals surface area contributed by atoms with Crippen molar-refractivity contribution in [1.82, 2.24) is 9.55 Å². The highest BCUT2D eigenvalue weighted by atomic mass is 35.5. The summed E-state index contributed by atoms with van der Waals surface area (Å²) < 4.78 is 2.34. The fourth-order valence-corrected chi connectivity index (χ4v) is 4.29. The molecule has 0 unspecified atom stereocenters. The summed E-state index contributed by atoms with van der Waals surface area (Å²) in [5.41, 5.74) is 5.55. The monoisotopic (exact) mass is 385 g/mol. The molecular formula is C21H21Cl2N3. The fraction of sp³-hybridized carbons (Fsp3) is 0.286. The second-order valence-corrected chi connectivity index (χ2v) is 7.28. The maximum absolute atomic E-state index is 6.48. The molecule has 0 atom stereocenters. The summed E-state index contributed by atoms with van der Waals surface area (Å²) in [5.74, 6) is 0.982. The third-order valence-corrected chi connectivity index (χ3v) is 5.56. The van der Waals surface area contributed by atoms with Crippen LogP contribution in [0.5, 0.6) is 0 Å². The third kappa shape index (κ3) is 2.80. The molecule has 134 valence electrons. The van der Waals surface area contributed by atoms with Gasteiger partial charge in [0.15, 0.2) is 0 Å². The fourth-order valence-electron chi connectivity index (χ4n) is 3.78. The van der Waals surface area contributed by atoms with Crippen molar-refractivity contribution in [2.75, 3.05) is 18.0 Å². The van der Waals surface area contributed by atoms with E-state index >= 15 is 0 Å². The number of para-hydroxylation sites is 1. The first kappa shape index (κ1) is 17.4. The predicted molar refractivity (Wildman–Crippen MR) is 111 cm³/mol. The molecule has 0 fully saturated rings. The van der Waals surface area contributed by atoms with Crippen LogP contribution >= 0.6 is 23.2 Å². The second kappa shape index (κ2) is 6.98. The van der Waals surface area contributed by atoms with E-state index in [4.69, 9.17) is 28.2 Å². The summed E-state index contributed by atoms with van der Waals surface area (Å²) in [6.07, 6.45) is 3.19. The molecule has 0 saturated heterocycles. The van der Waals surface area contributed by atoms with Crippen molar-refractivity contribution < 1.29 is 0 Å². The minimum absolute atomic E-state index is 0.646. The van der Waals surface area contributed by atoms with Gasteiger partial charge in [-0.1, -0.05) is 41.4 Å². The Bertz CT molecular complexity index is 1000. The van der Waals surface area contributed by atoms with Crippen LogP contribution in [0.3, 0.4) is 0 Å². The number of benzene rings is 2. The largest absolute Gasteiger partial charge is 0.370 e. The Kier molecular flexibility index (Phi) is 4.68. The number of fused-ring (bicyclic) bond motifs is 3. The molecular weight excluding hydrogens is 365 g/mol. The van der Waals surface area contributed by atoms with E-state index in [0.717, 1.165) is 48.5 Å². The quantitative estimate of drug-likeness (QED) is 0.546. The lowest BCUT2D eigenvalue weighted by Crippen LogP contribution is -2.23. The van der Waals surface area contributed by atoms with Crippen LogP contribution < -0.4 is 4.90 Å². The number of aromatic nitrogens is 2. The van der Waals surface area contributed by atoms with E-state index in [0.29, 0.717) is 10.0 Å². The zero-order valence-electron chi connectivity index (χ0n) is 15.0. The summed E-state index contributed by atoms with van der Waals surface area (Å²) in [5, 5.41) is 1.31. The Labute approximate surface area is 163 Å². The Morgan fingerprint density at radius 3 is 2.65 bits per heavy atom. The lowest BCUT2D eigenvalue weighted by molar-refractivity contribution is 0.702. The van der Waals surface area contributed by atoms with Crippen LogP contribution in [0.4, 0.5) is 5.69 Å². The first-order valence-corrected chi connectivity index (χ1v) is 9.79. The summed E-state index contributed by atoms with van der Waals surface area (Å²) in [4.78, 5) is 7.34. The van der Waals surface area contributed by atoms with Crippen LogP contribution in [-0.4, -0.2) is 22.6 Å². The molecule has 4 rings (SSSR count). The molecule has 0 spiro atoms. The van der Waals surface area contributed by atoms with Crippen molar-refractivity contribution in [2.45, 2.75) is 26.8 Å². The molecule has 0 amide bonds. The highest BCUT2D eigenvalue weighted by molar-refractivity contribution is 6.35. The lowest BCUT2D eigenvalue weighted by Gasteiger charge is -2.24. The van der Waals surface area contributed by atoms with E-state index in [1.54, 1.807) is 6.07 Å². The van der Waals surface area contributed by atoms with Gasteiger partial charge in [-0.25, -0.2) is 4.98 Å². The van der Waals surface area contributed by atoms with Crippen LogP contribution in [0.25, 0.3) is 16.6 Å². The number of hydrogen-bond acceptors (Lipinski definition) is 2. The predicted octanol–water partition coefficient (Wildman–Crippen LogP) is 6.02. The number of halogens is 2. The number of rotatable bonds is 4. The highest BCUT2D eigenvalue weighted by Gasteiger charge is 2.23. The molecule has 3 nitrogen and oxygen atoms in total. The molecule has 0 radical (unpaired) electrons. The summed E-state index contributed by atoms with van der Waals surface area (Å²) in [7, 11) is 0. The van der Waals surface area contributed by atoms with Crippen LogP contribution in [0.2, 0.25) is 10.0 Å². The molecule has 0 saturated carbocycles. The molecule has 2 heterocycles. The van der Waals surface area contributed by atoms with Gasteiger partial charge in [-0.2, -0.15) is 0 Å². The third-order valence-electron chi connectivity index (χ3n) is 5.01. The molecule has 1 aliphatic heterocycles. The number of aryl methyl sites for hydroxylation is 1. The molecule has 1 aromatic heterocycles. The van der Waals surface area contributed by atoms with Gasteiger partial charge in [0.05, 0.1) is 16.7 Å². The standard InChI is InChI=1S/C21H21Cl2N3/c1-3-25(4-2)19-9-5-8-18-20(19)26-12-6-7-16(21(26)24-18)15-11-10-14(22)13-17(15)23/h5,7-11,13H,3-4,6,12H2,1-2H3. The Morgan fingerprint density at radius 1 is 1.12 bits per heavy atom. The van der Waals surface area contributed by atoms with Crippen LogP contribution in [0.15, 0.2) is 42.5 Å². The molecule has 26 heavy (non-hydrogen) atoms. The average molecular weight is 386 g/mol. The minimum Gasteiger partial charge on any atom is -0.370 e. The number of allylic oxidation sites excluding steroid dienone is 1. The molecule has 0 N–H and O–H groups in total. The van der Waals surface area contributed by atoms with Crippen molar-refractivity contribution in [3.63, 3.8) is 0 Å². The zero-order valence-corrected chi connectivity index (χ0v) is 16.5. The van der Waals surface area contributed by atoms with Gasteiger partial charge in [-0.3, -0.25) is 0 Å². The van der Waals surface area contributed by atoms with E-state index in [1.165, 1.54) is 11.2 Å². The SMILES string of the molecule is CCN(CC)c1cccc2nc3n(c12)CCC=C3c1ccc(Cl)cc1Cl. The second-order valence-electron chi connectivity index (χ2n) is 6.43. The van der Waals surface area contributed by atoms with E-state index in [1.807, 2.05) is 12.1 Å². The Morgan fingerprint density at radius 2 is 1.92 bits per heavy atom. The Hall–Kier alpha value is -1.97.